The summed E-state index contributed by atoms with van der Waals surface area (Å²) in [5, 5.41) is 0. The van der Waals surface area contributed by atoms with Crippen LogP contribution >= 0.6 is 0 Å². The summed E-state index contributed by atoms with van der Waals surface area (Å²) < 4.78 is 27.9. The molecule has 0 rings (SSSR count). The van der Waals surface area contributed by atoms with Crippen LogP contribution in [0.2, 0.25) is 19.6 Å². The van der Waals surface area contributed by atoms with Crippen LogP contribution in [0.4, 0.5) is 0 Å². The molecule has 0 atom stereocenters. The summed E-state index contributed by atoms with van der Waals surface area (Å²) in [6.07, 6.45) is 18.0. The molecule has 0 fully saturated rings. The minimum atomic E-state index is -1.42. The third-order valence-corrected chi connectivity index (χ3v) is 6.34. The molecule has 0 aromatic carbocycles. The van der Waals surface area contributed by atoms with Crippen molar-refractivity contribution < 1.29 is 23.4 Å². The predicted molar refractivity (Wildman–Crippen MR) is 138 cm³/mol. The highest BCUT2D eigenvalue weighted by molar-refractivity contribution is 6.69. The maximum atomic E-state index is 5.72. The zero-order chi connectivity index (χ0) is 23.6. The van der Waals surface area contributed by atoms with Crippen LogP contribution in [0, 0.1) is 0 Å². The first-order valence-corrected chi connectivity index (χ1v) is 16.9. The topological polar surface area (TPSA) is 46.2 Å². The van der Waals surface area contributed by atoms with Gasteiger partial charge in [-0.3, -0.25) is 0 Å². The largest absolute Gasteiger partial charge is 0.415 e. The Morgan fingerprint density at radius 3 is 1.06 bits per heavy atom. The average molecular weight is 477 g/mol. The fourth-order valence-electron chi connectivity index (χ4n) is 3.39. The first-order valence-electron chi connectivity index (χ1n) is 13.5. The summed E-state index contributed by atoms with van der Waals surface area (Å²) in [6, 6.07) is 0. The van der Waals surface area contributed by atoms with Gasteiger partial charge in [-0.1, -0.05) is 84.0 Å². The molecule has 0 aliphatic heterocycles. The van der Waals surface area contributed by atoms with E-state index in [1.54, 1.807) is 0 Å². The SMILES string of the molecule is CCCCCCCCCCCCCCCOCCOCCOCCOCCO[Si](C)(C)C. The standard InChI is InChI=1S/C26H56O5Si/c1-5-6-7-8-9-10-11-12-13-14-15-16-17-18-27-19-20-28-21-22-29-23-24-30-25-26-31-32(2,3)4/h5-26H2,1-4H3. The molecule has 0 heterocycles. The number of rotatable bonds is 27. The minimum absolute atomic E-state index is 0.603. The van der Waals surface area contributed by atoms with E-state index in [1.807, 2.05) is 0 Å². The monoisotopic (exact) mass is 476 g/mol. The summed E-state index contributed by atoms with van der Waals surface area (Å²) in [4.78, 5) is 0. The fraction of sp³-hybridized carbons (Fsp3) is 1.00. The van der Waals surface area contributed by atoms with Crippen molar-refractivity contribution in [1.29, 1.82) is 0 Å². The van der Waals surface area contributed by atoms with E-state index in [0.29, 0.717) is 52.9 Å². The molecule has 0 saturated carbocycles. The lowest BCUT2D eigenvalue weighted by Gasteiger charge is -2.16. The minimum Gasteiger partial charge on any atom is -0.415 e. The zero-order valence-electron chi connectivity index (χ0n) is 22.1. The van der Waals surface area contributed by atoms with E-state index >= 15 is 0 Å². The molecule has 0 unspecified atom stereocenters. The average Bonchev–Trinajstić information content (AvgIpc) is 2.75. The summed E-state index contributed by atoms with van der Waals surface area (Å²) in [6.45, 7) is 14.8. The van der Waals surface area contributed by atoms with Gasteiger partial charge in [0.05, 0.1) is 52.9 Å². The van der Waals surface area contributed by atoms with E-state index in [1.165, 1.54) is 83.5 Å². The molecule has 0 spiro atoms. The van der Waals surface area contributed by atoms with Gasteiger partial charge in [0, 0.05) is 6.61 Å². The van der Waals surface area contributed by atoms with Gasteiger partial charge in [0.25, 0.3) is 0 Å². The van der Waals surface area contributed by atoms with E-state index in [2.05, 4.69) is 26.6 Å². The molecule has 0 bridgehead atoms. The maximum absolute atomic E-state index is 5.72. The summed E-state index contributed by atoms with van der Waals surface area (Å²) in [7, 11) is -1.42. The highest BCUT2D eigenvalue weighted by atomic mass is 28.4. The van der Waals surface area contributed by atoms with Gasteiger partial charge in [-0.2, -0.15) is 0 Å². The van der Waals surface area contributed by atoms with E-state index in [4.69, 9.17) is 23.4 Å². The Kier molecular flexibility index (Phi) is 25.6. The van der Waals surface area contributed by atoms with Crippen LogP contribution in [0.5, 0.6) is 0 Å². The first-order chi connectivity index (χ1) is 15.6. The summed E-state index contributed by atoms with van der Waals surface area (Å²) >= 11 is 0. The van der Waals surface area contributed by atoms with Gasteiger partial charge in [0.2, 0.25) is 0 Å². The summed E-state index contributed by atoms with van der Waals surface area (Å²) in [5.74, 6) is 0. The summed E-state index contributed by atoms with van der Waals surface area (Å²) in [5.41, 5.74) is 0. The van der Waals surface area contributed by atoms with Crippen molar-refractivity contribution in [2.24, 2.45) is 0 Å². The van der Waals surface area contributed by atoms with Crippen LogP contribution in [-0.2, 0) is 23.4 Å². The van der Waals surface area contributed by atoms with Crippen molar-refractivity contribution in [3.8, 4) is 0 Å². The molecule has 0 amide bonds. The molecular weight excluding hydrogens is 420 g/mol. The van der Waals surface area contributed by atoms with Gasteiger partial charge in [-0.15, -0.1) is 0 Å². The Bertz CT molecular complexity index is 350. The number of hydrogen-bond donors (Lipinski definition) is 0. The molecule has 5 nitrogen and oxygen atoms in total. The lowest BCUT2D eigenvalue weighted by molar-refractivity contribution is -0.00511. The smallest absolute Gasteiger partial charge is 0.183 e. The zero-order valence-corrected chi connectivity index (χ0v) is 23.1. The molecular formula is C26H56O5Si. The van der Waals surface area contributed by atoms with E-state index in [0.717, 1.165) is 6.61 Å². The molecule has 0 radical (unpaired) electrons. The molecule has 0 saturated heterocycles. The van der Waals surface area contributed by atoms with Gasteiger partial charge in [-0.05, 0) is 26.1 Å². The maximum Gasteiger partial charge on any atom is 0.183 e. The van der Waals surface area contributed by atoms with E-state index < -0.39 is 8.32 Å². The highest BCUT2D eigenvalue weighted by Crippen LogP contribution is 2.12. The molecule has 0 aliphatic rings. The second-order valence-electron chi connectivity index (χ2n) is 9.65. The Hall–Kier alpha value is 0.0169. The third-order valence-electron chi connectivity index (χ3n) is 5.27. The lowest BCUT2D eigenvalue weighted by atomic mass is 10.0. The first kappa shape index (κ1) is 32.0. The van der Waals surface area contributed by atoms with Crippen molar-refractivity contribution in [2.75, 3.05) is 59.5 Å². The van der Waals surface area contributed by atoms with E-state index in [-0.39, 0.29) is 0 Å². The third kappa shape index (κ3) is 30.0. The van der Waals surface area contributed by atoms with Gasteiger partial charge in [0.1, 0.15) is 0 Å². The molecule has 0 aromatic rings. The van der Waals surface area contributed by atoms with Gasteiger partial charge < -0.3 is 23.4 Å². The Labute approximate surface area is 201 Å². The Balaban J connectivity index is 3.02. The van der Waals surface area contributed by atoms with Crippen LogP contribution < -0.4 is 0 Å². The van der Waals surface area contributed by atoms with Crippen LogP contribution in [0.1, 0.15) is 90.4 Å². The molecule has 0 N–H and O–H groups in total. The Morgan fingerprint density at radius 1 is 0.375 bits per heavy atom. The predicted octanol–water partition coefficient (Wildman–Crippen LogP) is 7.00. The molecule has 32 heavy (non-hydrogen) atoms. The normalized spacial score (nSPS) is 12.0. The van der Waals surface area contributed by atoms with Crippen molar-refractivity contribution in [1.82, 2.24) is 0 Å². The van der Waals surface area contributed by atoms with Crippen LogP contribution in [0.3, 0.4) is 0 Å². The quantitative estimate of drug-likeness (QED) is 0.0943. The van der Waals surface area contributed by atoms with Crippen molar-refractivity contribution in [3.05, 3.63) is 0 Å². The van der Waals surface area contributed by atoms with Crippen molar-refractivity contribution in [2.45, 2.75) is 110 Å². The van der Waals surface area contributed by atoms with Gasteiger partial charge in [-0.25, -0.2) is 0 Å². The molecule has 0 aromatic heterocycles. The number of unbranched alkanes of at least 4 members (excludes halogenated alkanes) is 12. The van der Waals surface area contributed by atoms with Crippen molar-refractivity contribution >= 4 is 8.32 Å². The van der Waals surface area contributed by atoms with Gasteiger partial charge in [0.15, 0.2) is 8.32 Å². The van der Waals surface area contributed by atoms with Crippen LogP contribution in [0.25, 0.3) is 0 Å². The lowest BCUT2D eigenvalue weighted by Crippen LogP contribution is -2.27. The number of hydrogen-bond acceptors (Lipinski definition) is 5. The molecule has 194 valence electrons. The molecule has 0 aliphatic carbocycles. The molecule has 6 heteroatoms. The van der Waals surface area contributed by atoms with E-state index in [9.17, 15) is 0 Å². The highest BCUT2D eigenvalue weighted by Gasteiger charge is 2.12. The van der Waals surface area contributed by atoms with Crippen LogP contribution in [-0.4, -0.2) is 67.8 Å². The van der Waals surface area contributed by atoms with Crippen LogP contribution in [0.15, 0.2) is 0 Å². The van der Waals surface area contributed by atoms with Gasteiger partial charge >= 0.3 is 0 Å². The Morgan fingerprint density at radius 2 is 0.688 bits per heavy atom. The second-order valence-corrected chi connectivity index (χ2v) is 14.2. The number of ether oxygens (including phenoxy) is 4. The van der Waals surface area contributed by atoms with Crippen molar-refractivity contribution in [3.63, 3.8) is 0 Å². The second kappa shape index (κ2) is 25.6. The fourth-order valence-corrected chi connectivity index (χ4v) is 4.09.